The van der Waals surface area contributed by atoms with Gasteiger partial charge in [-0.2, -0.15) is 132 Å². The van der Waals surface area contributed by atoms with Gasteiger partial charge in [0.1, 0.15) is 6.15 Å². The maximum atomic E-state index is 14.2. The van der Waals surface area contributed by atoms with Crippen molar-refractivity contribution >= 4 is 44.7 Å². The Morgan fingerprint density at radius 3 is 0.901 bits per heavy atom. The van der Waals surface area contributed by atoms with Crippen molar-refractivity contribution < 1.29 is 133 Å². The molecule has 1 heterocycles. The minimum Gasteiger partial charge on any atom is -0.365 e. The van der Waals surface area contributed by atoms with Gasteiger partial charge in [0, 0.05) is 11.6 Å². The molecule has 6 aromatic carbocycles. The third-order valence-corrected chi connectivity index (χ3v) is 12.0. The number of hydrogen-bond acceptors (Lipinski definition) is 2. The Kier molecular flexibility index (Phi) is 16.5. The van der Waals surface area contributed by atoms with E-state index in [-0.39, 0.29) is 12.2 Å². The summed E-state index contributed by atoms with van der Waals surface area (Å²) < 4.78 is 383. The van der Waals surface area contributed by atoms with Crippen LogP contribution >= 0.6 is 0 Å². The van der Waals surface area contributed by atoms with E-state index in [0.29, 0.717) is 10.8 Å². The first-order valence-corrected chi connectivity index (χ1v) is 21.8. The largest absolute Gasteiger partial charge is 0.575 e. The number of fused-ring (bicyclic) bond motifs is 1. The number of carbonyl (C=O) groups is 1. The summed E-state index contributed by atoms with van der Waals surface area (Å²) >= 11 is 0. The molecule has 0 fully saturated rings. The van der Waals surface area contributed by atoms with Gasteiger partial charge in [0.25, 0.3) is 5.69 Å². The lowest BCUT2D eigenvalue weighted by Crippen LogP contribution is -2.75. The number of rotatable bonds is 7. The average molecular weight is 1200 g/mol. The zero-order valence-electron chi connectivity index (χ0n) is 39.0. The minimum absolute atomic E-state index is 0.130. The second-order valence-corrected chi connectivity index (χ2v) is 17.4. The number of nitrogens with zero attached hydrogens (tertiary/aromatic N) is 1. The summed E-state index contributed by atoms with van der Waals surface area (Å²) in [7, 11) is 0. The van der Waals surface area contributed by atoms with E-state index in [2.05, 4.69) is 4.74 Å². The number of carbonyl (C=O) groups excluding carboxylic acids is 1. The van der Waals surface area contributed by atoms with E-state index < -0.39 is 207 Å². The van der Waals surface area contributed by atoms with Crippen molar-refractivity contribution in [1.29, 1.82) is 0 Å². The third kappa shape index (κ3) is 14.5. The highest BCUT2D eigenvalue weighted by molar-refractivity contribution is 7.20. The molecule has 434 valence electrons. The molecular weight excluding hydrogens is 1170 g/mol. The lowest BCUT2D eigenvalue weighted by Gasteiger charge is -2.46. The van der Waals surface area contributed by atoms with Crippen LogP contribution in [0.4, 0.5) is 119 Å². The predicted molar refractivity (Wildman–Crippen MR) is 231 cm³/mol. The Labute approximate surface area is 434 Å². The van der Waals surface area contributed by atoms with Gasteiger partial charge in [-0.15, -0.1) is 13.2 Å². The summed E-state index contributed by atoms with van der Waals surface area (Å²) in [5.41, 5.74) is -29.5. The number of ether oxygens (including phenoxy) is 1. The number of pyridine rings is 1. The molecule has 0 aliphatic carbocycles. The van der Waals surface area contributed by atoms with E-state index in [9.17, 15) is 123 Å². The van der Waals surface area contributed by atoms with Gasteiger partial charge < -0.3 is 4.74 Å². The fourth-order valence-electron chi connectivity index (χ4n) is 8.62. The Balaban J connectivity index is 0.000000363. The van der Waals surface area contributed by atoms with Crippen LogP contribution < -0.4 is 26.4 Å². The Bertz CT molecular complexity index is 3000. The van der Waals surface area contributed by atoms with Crippen LogP contribution in [0.15, 0.2) is 140 Å². The van der Waals surface area contributed by atoms with Crippen molar-refractivity contribution in [3.63, 3.8) is 0 Å². The van der Waals surface area contributed by atoms with Crippen molar-refractivity contribution in [3.05, 3.63) is 195 Å². The molecule has 81 heavy (non-hydrogen) atoms. The zero-order valence-corrected chi connectivity index (χ0v) is 39.0. The van der Waals surface area contributed by atoms with Crippen LogP contribution in [0, 0.1) is 0 Å². The standard InChI is InChI=1S/C32H12BF24.C18H13F3NO2/c34-25(35,36)13-1-14(26(37,38)39)6-21(5-13)33(22-7-15(27(40,41)42)2-16(8-22)28(43,44)45,23-9-17(29(46,47)48)3-18(10-23)30(49,50)51)24-11-19(31(52,53)54)4-20(12-24)32(55,56)57;19-18(20,21)24-17(23)16-15-9-5-4-8-14(15)10-11-22(16)12-13-6-2-1-3-7-13/h1-12H;1-11H,12H2/q-1;+1. The van der Waals surface area contributed by atoms with Crippen LogP contribution in [0.3, 0.4) is 0 Å². The van der Waals surface area contributed by atoms with Crippen molar-refractivity contribution in [2.75, 3.05) is 0 Å². The van der Waals surface area contributed by atoms with Crippen LogP contribution in [0.5, 0.6) is 0 Å². The van der Waals surface area contributed by atoms with E-state index in [1.54, 1.807) is 36.5 Å². The van der Waals surface area contributed by atoms with Gasteiger partial charge in [0.05, 0.1) is 49.9 Å². The topological polar surface area (TPSA) is 30.2 Å². The molecule has 0 saturated heterocycles. The first kappa shape index (κ1) is 62.6. The highest BCUT2D eigenvalue weighted by atomic mass is 19.4. The summed E-state index contributed by atoms with van der Waals surface area (Å²) in [6, 6.07) is 8.85. The number of aromatic nitrogens is 1. The van der Waals surface area contributed by atoms with Crippen molar-refractivity contribution in [1.82, 2.24) is 0 Å². The Morgan fingerprint density at radius 1 is 0.358 bits per heavy atom. The van der Waals surface area contributed by atoms with Crippen LogP contribution in [0.25, 0.3) is 10.8 Å². The Hall–Kier alpha value is -7.63. The van der Waals surface area contributed by atoms with Gasteiger partial charge >= 0.3 is 61.7 Å². The van der Waals surface area contributed by atoms with Gasteiger partial charge in [-0.05, 0) is 35.7 Å². The molecule has 0 saturated carbocycles. The molecule has 1 aromatic heterocycles. The summed E-state index contributed by atoms with van der Waals surface area (Å²) in [4.78, 5) is 12.1. The highest BCUT2D eigenvalue weighted by Crippen LogP contribution is 2.42. The molecule has 0 aliphatic heterocycles. The molecule has 0 amide bonds. The van der Waals surface area contributed by atoms with Crippen LogP contribution in [0.2, 0.25) is 0 Å². The van der Waals surface area contributed by atoms with Crippen LogP contribution in [0.1, 0.15) is 60.6 Å². The van der Waals surface area contributed by atoms with Crippen LogP contribution in [-0.4, -0.2) is 18.5 Å². The van der Waals surface area contributed by atoms with Crippen LogP contribution in [-0.2, 0) is 60.7 Å². The van der Waals surface area contributed by atoms with E-state index in [0.717, 1.165) is 5.56 Å². The van der Waals surface area contributed by atoms with Crippen molar-refractivity contribution in [2.24, 2.45) is 0 Å². The number of esters is 1. The normalized spacial score (nSPS) is 13.5. The molecular formula is C50H25BF27NO2. The SMILES string of the molecule is FC(F)(F)c1cc([B-](c2cc(C(F)(F)F)cc(C(F)(F)F)c2)(c2cc(C(F)(F)F)cc(C(F)(F)F)c2)c2cc(C(F)(F)F)cc(C(F)(F)F)c2)cc(C(F)(F)F)c1.O=C(OC(F)(F)F)c1c2ccccc2cc[n+]1Cc1ccccc1. The molecule has 3 nitrogen and oxygen atoms in total. The quantitative estimate of drug-likeness (QED) is 0.0689. The first-order valence-electron chi connectivity index (χ1n) is 21.8. The fraction of sp³-hybridized carbons (Fsp3) is 0.200. The zero-order chi connectivity index (χ0) is 61.1. The lowest BCUT2D eigenvalue weighted by molar-refractivity contribution is -0.689. The van der Waals surface area contributed by atoms with Crippen molar-refractivity contribution in [2.45, 2.75) is 62.3 Å². The molecule has 0 atom stereocenters. The maximum Gasteiger partial charge on any atom is 0.575 e. The lowest BCUT2D eigenvalue weighted by atomic mass is 9.12. The number of hydrogen-bond donors (Lipinski definition) is 0. The highest BCUT2D eigenvalue weighted by Gasteiger charge is 2.47. The monoisotopic (exact) mass is 1200 g/mol. The molecule has 0 aliphatic rings. The van der Waals surface area contributed by atoms with Crippen molar-refractivity contribution in [3.8, 4) is 0 Å². The second-order valence-electron chi connectivity index (χ2n) is 17.4. The summed E-state index contributed by atoms with van der Waals surface area (Å²) in [5, 5.41) is 1.07. The number of halogens is 27. The smallest absolute Gasteiger partial charge is 0.365 e. The molecule has 7 aromatic rings. The van der Waals surface area contributed by atoms with Gasteiger partial charge in [0.15, 0.2) is 12.7 Å². The predicted octanol–water partition coefficient (Wildman–Crippen LogP) is 15.1. The van der Waals surface area contributed by atoms with Gasteiger partial charge in [0.2, 0.25) is 0 Å². The van der Waals surface area contributed by atoms with Gasteiger partial charge in [-0.25, -0.2) is 4.79 Å². The molecule has 31 heteroatoms. The van der Waals surface area contributed by atoms with E-state index in [1.807, 2.05) is 30.3 Å². The molecule has 7 rings (SSSR count). The summed E-state index contributed by atoms with van der Waals surface area (Å²) in [6.45, 7) is 0.258. The third-order valence-electron chi connectivity index (χ3n) is 12.0. The van der Waals surface area contributed by atoms with E-state index >= 15 is 0 Å². The molecule has 0 N–H and O–H groups in total. The maximum absolute atomic E-state index is 14.2. The first-order chi connectivity index (χ1) is 36.7. The summed E-state index contributed by atoms with van der Waals surface area (Å²) in [6.07, 6.45) is -58.2. The number of alkyl halides is 27. The number of benzene rings is 6. The summed E-state index contributed by atoms with van der Waals surface area (Å²) in [5.74, 6) is -1.42. The fourth-order valence-corrected chi connectivity index (χ4v) is 8.62. The molecule has 0 radical (unpaired) electrons. The molecule has 0 unspecified atom stereocenters. The van der Waals surface area contributed by atoms with E-state index in [1.165, 1.54) is 4.57 Å². The molecule has 0 spiro atoms. The van der Waals surface area contributed by atoms with Gasteiger partial charge in [-0.1, -0.05) is 97.1 Å². The van der Waals surface area contributed by atoms with E-state index in [4.69, 9.17) is 0 Å². The second kappa shape index (κ2) is 21.4. The average Bonchev–Trinajstić information content (AvgIpc) is 3.53. The van der Waals surface area contributed by atoms with Gasteiger partial charge in [-0.3, -0.25) is 0 Å². The Morgan fingerprint density at radius 2 is 0.630 bits per heavy atom. The minimum atomic E-state index is -6.13. The molecule has 0 bridgehead atoms.